The highest BCUT2D eigenvalue weighted by atomic mass is 16.6. The third-order valence-electron chi connectivity index (χ3n) is 6.40. The Balaban J connectivity index is 2.13. The van der Waals surface area contributed by atoms with Crippen LogP contribution in [0.15, 0.2) is 66.7 Å². The van der Waals surface area contributed by atoms with Crippen LogP contribution in [-0.2, 0) is 21.0 Å². The van der Waals surface area contributed by atoms with Crippen molar-refractivity contribution in [3.63, 3.8) is 0 Å². The summed E-state index contributed by atoms with van der Waals surface area (Å²) in [6, 6.07) is 19.6. The van der Waals surface area contributed by atoms with Crippen LogP contribution in [-0.4, -0.2) is 18.4 Å². The van der Waals surface area contributed by atoms with E-state index in [9.17, 15) is 9.59 Å². The lowest BCUT2D eigenvalue weighted by atomic mass is 9.82. The van der Waals surface area contributed by atoms with Crippen molar-refractivity contribution >= 4 is 17.9 Å². The molecule has 0 aliphatic heterocycles. The lowest BCUT2D eigenvalue weighted by molar-refractivity contribution is -0.145. The summed E-state index contributed by atoms with van der Waals surface area (Å²) in [7, 11) is 0. The number of amides is 2. The number of carbonyl (C=O) groups excluding carboxylic acids is 2. The molecule has 6 nitrogen and oxygen atoms in total. The number of allylic oxidation sites excluding steroid dienone is 1. The van der Waals surface area contributed by atoms with Crippen LogP contribution in [0.5, 0.6) is 0 Å². The number of hydrogen-bond acceptors (Lipinski definition) is 4. The quantitative estimate of drug-likeness (QED) is 0.263. The lowest BCUT2D eigenvalue weighted by Crippen LogP contribution is -2.48. The summed E-state index contributed by atoms with van der Waals surface area (Å²) < 4.78 is 0. The minimum atomic E-state index is -0.571. The highest BCUT2D eigenvalue weighted by Crippen LogP contribution is 2.25. The van der Waals surface area contributed by atoms with Crippen LogP contribution in [0.25, 0.3) is 6.08 Å². The molecule has 2 amide bonds. The first kappa shape index (κ1) is 29.3. The molecule has 0 saturated carbocycles. The van der Waals surface area contributed by atoms with E-state index in [1.807, 2.05) is 72.8 Å². The van der Waals surface area contributed by atoms with Crippen molar-refractivity contribution in [3.05, 3.63) is 77.9 Å². The topological polar surface area (TPSA) is 79.5 Å². The van der Waals surface area contributed by atoms with Gasteiger partial charge in [-0.15, -0.1) is 0 Å². The van der Waals surface area contributed by atoms with Crippen molar-refractivity contribution in [1.82, 2.24) is 16.3 Å². The zero-order chi connectivity index (χ0) is 26.2. The minimum Gasteiger partial charge on any atom is -0.291 e. The number of nitrogens with one attached hydrogen (secondary N) is 3. The van der Waals surface area contributed by atoms with Crippen LogP contribution in [0, 0.1) is 23.7 Å². The standard InChI is InChI=1S/C30H43N3O3/c1-5-24(6-2)21-31-32-29(34)28(20-23(3)4)27(19-13-18-25-14-9-7-10-15-25)30(35)33-36-22-26-16-11-8-12-17-26/h7-18,23-24,27-28,31H,5-6,19-22H2,1-4H3,(H,32,34)(H,33,35)/t27-,28+/m0/s1. The van der Waals surface area contributed by atoms with E-state index in [-0.39, 0.29) is 24.3 Å². The maximum absolute atomic E-state index is 13.3. The molecule has 0 aliphatic rings. The normalized spacial score (nSPS) is 13.2. The van der Waals surface area contributed by atoms with Gasteiger partial charge in [-0.05, 0) is 35.8 Å². The zero-order valence-corrected chi connectivity index (χ0v) is 22.2. The van der Waals surface area contributed by atoms with Gasteiger partial charge in [0.2, 0.25) is 11.8 Å². The van der Waals surface area contributed by atoms with Crippen LogP contribution in [0.2, 0.25) is 0 Å². The van der Waals surface area contributed by atoms with Gasteiger partial charge in [-0.1, -0.05) is 113 Å². The van der Waals surface area contributed by atoms with Gasteiger partial charge in [0, 0.05) is 6.54 Å². The van der Waals surface area contributed by atoms with Crippen LogP contribution in [0.4, 0.5) is 0 Å². The molecule has 2 atom stereocenters. The predicted molar refractivity (Wildman–Crippen MR) is 146 cm³/mol. The van der Waals surface area contributed by atoms with E-state index in [4.69, 9.17) is 4.84 Å². The van der Waals surface area contributed by atoms with Gasteiger partial charge in [-0.2, -0.15) is 0 Å². The average Bonchev–Trinajstić information content (AvgIpc) is 2.89. The van der Waals surface area contributed by atoms with Gasteiger partial charge in [-0.25, -0.2) is 10.9 Å². The molecular formula is C30H43N3O3. The van der Waals surface area contributed by atoms with Crippen molar-refractivity contribution < 1.29 is 14.4 Å². The molecule has 6 heteroatoms. The Bertz CT molecular complexity index is 912. The fourth-order valence-corrected chi connectivity index (χ4v) is 4.12. The fourth-order valence-electron chi connectivity index (χ4n) is 4.12. The van der Waals surface area contributed by atoms with Crippen LogP contribution < -0.4 is 16.3 Å². The number of carbonyl (C=O) groups is 2. The van der Waals surface area contributed by atoms with Gasteiger partial charge in [0.1, 0.15) is 0 Å². The summed E-state index contributed by atoms with van der Waals surface area (Å²) in [5.41, 5.74) is 10.6. The van der Waals surface area contributed by atoms with Gasteiger partial charge >= 0.3 is 0 Å². The second-order valence-electron chi connectivity index (χ2n) is 9.68. The number of hydrogen-bond donors (Lipinski definition) is 3. The van der Waals surface area contributed by atoms with E-state index in [1.54, 1.807) is 0 Å². The highest BCUT2D eigenvalue weighted by molar-refractivity contribution is 5.87. The molecule has 0 radical (unpaired) electrons. The zero-order valence-electron chi connectivity index (χ0n) is 22.2. The number of benzene rings is 2. The first-order valence-electron chi connectivity index (χ1n) is 13.1. The largest absolute Gasteiger partial charge is 0.291 e. The first-order valence-corrected chi connectivity index (χ1v) is 13.1. The summed E-state index contributed by atoms with van der Waals surface area (Å²) in [6.07, 6.45) is 7.06. The van der Waals surface area contributed by atoms with Crippen molar-refractivity contribution in [2.45, 2.75) is 60.0 Å². The van der Waals surface area contributed by atoms with Crippen LogP contribution >= 0.6 is 0 Å². The van der Waals surface area contributed by atoms with Gasteiger partial charge in [0.05, 0.1) is 18.4 Å². The van der Waals surface area contributed by atoms with E-state index < -0.39 is 11.8 Å². The number of hydrazine groups is 1. The Morgan fingerprint density at radius 3 is 2.14 bits per heavy atom. The Labute approximate surface area is 216 Å². The second kappa shape index (κ2) is 16.7. The molecule has 3 N–H and O–H groups in total. The highest BCUT2D eigenvalue weighted by Gasteiger charge is 2.33. The summed E-state index contributed by atoms with van der Waals surface area (Å²) in [5.74, 6) is -0.778. The molecule has 0 aromatic heterocycles. The molecule has 36 heavy (non-hydrogen) atoms. The summed E-state index contributed by atoms with van der Waals surface area (Å²) in [4.78, 5) is 32.1. The lowest BCUT2D eigenvalue weighted by Gasteiger charge is -2.26. The molecule has 0 bridgehead atoms. The van der Waals surface area contributed by atoms with E-state index in [1.165, 1.54) is 0 Å². The first-order chi connectivity index (χ1) is 17.4. The minimum absolute atomic E-state index is 0.161. The molecular weight excluding hydrogens is 450 g/mol. The second-order valence-corrected chi connectivity index (χ2v) is 9.68. The molecule has 196 valence electrons. The van der Waals surface area contributed by atoms with E-state index in [0.717, 1.165) is 24.0 Å². The Morgan fingerprint density at radius 1 is 0.889 bits per heavy atom. The Morgan fingerprint density at radius 2 is 1.53 bits per heavy atom. The van der Waals surface area contributed by atoms with Crippen molar-refractivity contribution in [3.8, 4) is 0 Å². The fraction of sp³-hybridized carbons (Fsp3) is 0.467. The third-order valence-corrected chi connectivity index (χ3v) is 6.40. The van der Waals surface area contributed by atoms with E-state index in [0.29, 0.717) is 25.3 Å². The summed E-state index contributed by atoms with van der Waals surface area (Å²) in [6.45, 7) is 9.40. The van der Waals surface area contributed by atoms with Gasteiger partial charge in [0.15, 0.2) is 0 Å². The molecule has 0 aliphatic carbocycles. The molecule has 2 rings (SSSR count). The average molecular weight is 494 g/mol. The van der Waals surface area contributed by atoms with Gasteiger partial charge in [-0.3, -0.25) is 19.9 Å². The molecule has 0 unspecified atom stereocenters. The van der Waals surface area contributed by atoms with Crippen molar-refractivity contribution in [2.75, 3.05) is 6.54 Å². The Kier molecular flexibility index (Phi) is 13.5. The smallest absolute Gasteiger partial charge is 0.247 e. The molecule has 2 aromatic rings. The SMILES string of the molecule is CCC(CC)CNNC(=O)[C@H](CC(C)C)[C@H](CC=Cc1ccccc1)C(=O)NOCc1ccccc1. The van der Waals surface area contributed by atoms with E-state index in [2.05, 4.69) is 44.0 Å². The molecule has 0 fully saturated rings. The molecule has 0 heterocycles. The van der Waals surface area contributed by atoms with Crippen molar-refractivity contribution in [2.24, 2.45) is 23.7 Å². The molecule has 2 aromatic carbocycles. The summed E-state index contributed by atoms with van der Waals surface area (Å²) >= 11 is 0. The van der Waals surface area contributed by atoms with Crippen LogP contribution in [0.1, 0.15) is 64.5 Å². The van der Waals surface area contributed by atoms with Crippen molar-refractivity contribution in [1.29, 1.82) is 0 Å². The van der Waals surface area contributed by atoms with Gasteiger partial charge < -0.3 is 0 Å². The maximum Gasteiger partial charge on any atom is 0.247 e. The predicted octanol–water partition coefficient (Wildman–Crippen LogP) is 5.67. The van der Waals surface area contributed by atoms with E-state index >= 15 is 0 Å². The monoisotopic (exact) mass is 493 g/mol. The number of hydroxylamine groups is 1. The summed E-state index contributed by atoms with van der Waals surface area (Å²) in [5, 5.41) is 0. The maximum atomic E-state index is 13.3. The van der Waals surface area contributed by atoms with Crippen LogP contribution in [0.3, 0.4) is 0 Å². The molecule has 0 spiro atoms. The Hall–Kier alpha value is -2.96. The third kappa shape index (κ3) is 10.8. The number of rotatable bonds is 16. The van der Waals surface area contributed by atoms with Gasteiger partial charge in [0.25, 0.3) is 0 Å². The molecule has 0 saturated heterocycles.